The topological polar surface area (TPSA) is 44.2 Å². The summed E-state index contributed by atoms with van der Waals surface area (Å²) in [6.07, 6.45) is 3.62. The van der Waals surface area contributed by atoms with Crippen LogP contribution in [0.5, 0.6) is 11.5 Å². The van der Waals surface area contributed by atoms with E-state index in [-0.39, 0.29) is 0 Å². The van der Waals surface area contributed by atoms with E-state index < -0.39 is 0 Å². The van der Waals surface area contributed by atoms with E-state index in [1.54, 1.807) is 26.0 Å². The van der Waals surface area contributed by atoms with E-state index in [0.29, 0.717) is 0 Å². The Balaban J connectivity index is 1.83. The van der Waals surface area contributed by atoms with Crippen molar-refractivity contribution in [3.63, 3.8) is 0 Å². The highest BCUT2D eigenvalue weighted by molar-refractivity contribution is 7.98. The minimum Gasteiger partial charge on any atom is -0.497 e. The Morgan fingerprint density at radius 2 is 1.19 bits per heavy atom. The summed E-state index contributed by atoms with van der Waals surface area (Å²) in [5.41, 5.74) is 5.63. The maximum absolute atomic E-state index is 5.23. The molecule has 0 saturated carbocycles. The van der Waals surface area contributed by atoms with Gasteiger partial charge in [0.25, 0.3) is 0 Å². The summed E-state index contributed by atoms with van der Waals surface area (Å²) < 4.78 is 10.5. The molecule has 1 aromatic heterocycles. The lowest BCUT2D eigenvalue weighted by molar-refractivity contribution is 0.414. The van der Waals surface area contributed by atoms with Crippen molar-refractivity contribution in [2.45, 2.75) is 24.7 Å². The zero-order valence-corrected chi connectivity index (χ0v) is 17.0. The van der Waals surface area contributed by atoms with Crippen LogP contribution in [0.25, 0.3) is 0 Å². The van der Waals surface area contributed by atoms with Crippen molar-refractivity contribution in [3.8, 4) is 11.5 Å². The minimum absolute atomic E-state index is 0.761. The zero-order valence-electron chi connectivity index (χ0n) is 16.2. The number of rotatable bonds is 7. The Hall–Kier alpha value is -2.53. The van der Waals surface area contributed by atoms with Crippen LogP contribution in [0, 0.1) is 6.92 Å². The van der Waals surface area contributed by atoms with Gasteiger partial charge >= 0.3 is 0 Å². The second-order valence-corrected chi connectivity index (χ2v) is 7.12. The third-order valence-corrected chi connectivity index (χ3v) is 5.54. The molecule has 3 rings (SSSR count). The first kappa shape index (κ1) is 19.2. The van der Waals surface area contributed by atoms with Crippen LogP contribution in [0.1, 0.15) is 28.1 Å². The molecule has 0 aliphatic heterocycles. The maximum atomic E-state index is 5.23. The van der Waals surface area contributed by atoms with Gasteiger partial charge in [0.1, 0.15) is 11.5 Å². The number of ether oxygens (including phenoxy) is 2. The van der Waals surface area contributed by atoms with Crippen LogP contribution in [0.2, 0.25) is 0 Å². The van der Waals surface area contributed by atoms with Gasteiger partial charge in [-0.1, -0.05) is 24.3 Å². The molecular formula is C22H24N2O2S. The molecule has 0 radical (unpaired) electrons. The lowest BCUT2D eigenvalue weighted by Gasteiger charge is -2.13. The van der Waals surface area contributed by atoms with Gasteiger partial charge in [0.2, 0.25) is 0 Å². The number of methoxy groups -OCH3 is 2. The molecule has 0 unspecified atom stereocenters. The molecule has 27 heavy (non-hydrogen) atoms. The van der Waals surface area contributed by atoms with Crippen LogP contribution in [-0.2, 0) is 12.8 Å². The summed E-state index contributed by atoms with van der Waals surface area (Å²) in [5, 5.41) is 9.09. The van der Waals surface area contributed by atoms with Crippen molar-refractivity contribution in [1.82, 2.24) is 10.2 Å². The van der Waals surface area contributed by atoms with E-state index in [1.807, 2.05) is 24.3 Å². The van der Waals surface area contributed by atoms with Gasteiger partial charge < -0.3 is 9.47 Å². The van der Waals surface area contributed by atoms with Crippen LogP contribution in [-0.4, -0.2) is 30.7 Å². The van der Waals surface area contributed by atoms with E-state index >= 15 is 0 Å². The molecular weight excluding hydrogens is 356 g/mol. The predicted molar refractivity (Wildman–Crippen MR) is 110 cm³/mol. The maximum Gasteiger partial charge on any atom is 0.118 e. The summed E-state index contributed by atoms with van der Waals surface area (Å²) in [7, 11) is 3.36. The van der Waals surface area contributed by atoms with E-state index in [9.17, 15) is 0 Å². The van der Waals surface area contributed by atoms with E-state index in [2.05, 4.69) is 47.6 Å². The Kier molecular flexibility index (Phi) is 6.35. The average molecular weight is 381 g/mol. The highest BCUT2D eigenvalue weighted by atomic mass is 32.2. The van der Waals surface area contributed by atoms with E-state index in [4.69, 9.17) is 9.47 Å². The van der Waals surface area contributed by atoms with Gasteiger partial charge in [0.05, 0.1) is 25.6 Å². The molecule has 3 aromatic rings. The highest BCUT2D eigenvalue weighted by Crippen LogP contribution is 2.28. The first-order valence-electron chi connectivity index (χ1n) is 8.79. The summed E-state index contributed by atoms with van der Waals surface area (Å²) in [5.74, 6) is 1.72. The van der Waals surface area contributed by atoms with E-state index in [0.717, 1.165) is 35.7 Å². The highest BCUT2D eigenvalue weighted by Gasteiger charge is 2.14. The summed E-state index contributed by atoms with van der Waals surface area (Å²) in [6, 6.07) is 16.2. The Morgan fingerprint density at radius 1 is 0.741 bits per heavy atom. The van der Waals surface area contributed by atoms with Gasteiger partial charge in [0, 0.05) is 17.7 Å². The normalized spacial score (nSPS) is 10.7. The monoisotopic (exact) mass is 380 g/mol. The van der Waals surface area contributed by atoms with Crippen molar-refractivity contribution >= 4 is 11.8 Å². The molecule has 0 aliphatic carbocycles. The third kappa shape index (κ3) is 4.61. The molecule has 0 atom stereocenters. The molecule has 0 saturated heterocycles. The lowest BCUT2D eigenvalue weighted by Crippen LogP contribution is -2.06. The molecule has 1 heterocycles. The molecule has 4 nitrogen and oxygen atoms in total. The molecule has 0 bridgehead atoms. The lowest BCUT2D eigenvalue weighted by atomic mass is 10.0. The van der Waals surface area contributed by atoms with Crippen molar-refractivity contribution in [2.75, 3.05) is 20.5 Å². The van der Waals surface area contributed by atoms with Gasteiger partial charge in [-0.15, -0.1) is 11.8 Å². The Labute approximate surface area is 164 Å². The van der Waals surface area contributed by atoms with E-state index in [1.165, 1.54) is 21.6 Å². The Bertz CT molecular complexity index is 893. The fourth-order valence-corrected chi connectivity index (χ4v) is 3.79. The van der Waals surface area contributed by atoms with Gasteiger partial charge in [-0.05, 0) is 54.1 Å². The smallest absolute Gasteiger partial charge is 0.118 e. The predicted octanol–water partition coefficient (Wildman–Crippen LogP) is 4.71. The number of benzene rings is 2. The molecule has 140 valence electrons. The molecule has 0 fully saturated rings. The largest absolute Gasteiger partial charge is 0.497 e. The van der Waals surface area contributed by atoms with Crippen molar-refractivity contribution in [2.24, 2.45) is 0 Å². The molecule has 0 spiro atoms. The van der Waals surface area contributed by atoms with Crippen LogP contribution < -0.4 is 9.47 Å². The number of hydrogen-bond acceptors (Lipinski definition) is 5. The third-order valence-electron chi connectivity index (χ3n) is 4.59. The molecule has 0 aliphatic rings. The standard InChI is InChI=1S/C22H24N2O2S/c1-15-20(13-16-5-9-18(25-2)10-6-16)23-24-21(22(15)27-4)14-17-7-11-19(26-3)12-8-17/h5-12H,13-14H2,1-4H3. The second kappa shape index (κ2) is 8.91. The number of nitrogens with zero attached hydrogens (tertiary/aromatic N) is 2. The van der Waals surface area contributed by atoms with Gasteiger partial charge in [-0.25, -0.2) is 0 Å². The summed E-state index contributed by atoms with van der Waals surface area (Å²) in [4.78, 5) is 1.21. The molecule has 2 aromatic carbocycles. The van der Waals surface area contributed by atoms with Crippen molar-refractivity contribution < 1.29 is 9.47 Å². The average Bonchev–Trinajstić information content (AvgIpc) is 2.71. The second-order valence-electron chi connectivity index (χ2n) is 6.30. The minimum atomic E-state index is 0.761. The number of hydrogen-bond donors (Lipinski definition) is 0. The Morgan fingerprint density at radius 3 is 1.63 bits per heavy atom. The SMILES string of the molecule is COc1ccc(Cc2nnc(Cc3ccc(OC)cc3)c(SC)c2C)cc1. The van der Waals surface area contributed by atoms with Crippen LogP contribution in [0.4, 0.5) is 0 Å². The molecule has 5 heteroatoms. The summed E-state index contributed by atoms with van der Waals surface area (Å²) >= 11 is 1.73. The fourth-order valence-electron chi connectivity index (χ4n) is 3.02. The van der Waals surface area contributed by atoms with Gasteiger partial charge in [0.15, 0.2) is 0 Å². The van der Waals surface area contributed by atoms with Crippen LogP contribution in [0.3, 0.4) is 0 Å². The molecule has 0 amide bonds. The first-order chi connectivity index (χ1) is 13.1. The number of aromatic nitrogens is 2. The van der Waals surface area contributed by atoms with Gasteiger partial charge in [-0.3, -0.25) is 0 Å². The quantitative estimate of drug-likeness (QED) is 0.556. The summed E-state index contributed by atoms with van der Waals surface area (Å²) in [6.45, 7) is 2.14. The number of thioether (sulfide) groups is 1. The molecule has 0 N–H and O–H groups in total. The zero-order chi connectivity index (χ0) is 19.2. The van der Waals surface area contributed by atoms with Gasteiger partial charge in [-0.2, -0.15) is 10.2 Å². The fraction of sp³-hybridized carbons (Fsp3) is 0.273. The first-order valence-corrected chi connectivity index (χ1v) is 10.0. The van der Waals surface area contributed by atoms with Crippen LogP contribution >= 0.6 is 11.8 Å². The van der Waals surface area contributed by atoms with Crippen LogP contribution in [0.15, 0.2) is 53.4 Å². The van der Waals surface area contributed by atoms with Crippen molar-refractivity contribution in [3.05, 3.63) is 76.6 Å². The van der Waals surface area contributed by atoms with Crippen molar-refractivity contribution in [1.29, 1.82) is 0 Å².